The van der Waals surface area contributed by atoms with Gasteiger partial charge in [0.15, 0.2) is 0 Å². The predicted molar refractivity (Wildman–Crippen MR) is 182 cm³/mol. The third-order valence-corrected chi connectivity index (χ3v) is 9.87. The second kappa shape index (κ2) is 8.53. The Kier molecular flexibility index (Phi) is 4.59. The van der Waals surface area contributed by atoms with E-state index in [-0.39, 0.29) is 0 Å². The molecule has 0 radical (unpaired) electrons. The highest BCUT2D eigenvalue weighted by molar-refractivity contribution is 6.37. The molecule has 7 aromatic carbocycles. The molecule has 0 amide bonds. The summed E-state index contributed by atoms with van der Waals surface area (Å²) in [5.41, 5.74) is 19.1. The van der Waals surface area contributed by atoms with Crippen molar-refractivity contribution in [1.29, 1.82) is 0 Å². The summed E-state index contributed by atoms with van der Waals surface area (Å²) < 4.78 is 0. The lowest BCUT2D eigenvalue weighted by Crippen LogP contribution is -1.90. The molecule has 0 saturated carbocycles. The van der Waals surface area contributed by atoms with Gasteiger partial charge in [0.25, 0.3) is 0 Å². The van der Waals surface area contributed by atoms with E-state index in [1.807, 2.05) is 0 Å². The van der Waals surface area contributed by atoms with Crippen molar-refractivity contribution in [1.82, 2.24) is 0 Å². The standard InChI is InChI=1S/C43H26/c1-3-11-26(12-4-1)38-25-39(27-13-5-2-6-14-27)43-37-24-22-31(34-19-10-20-36(41(34)37)42(38)43)30-21-23-35-29-16-8-7-15-28(29)32-17-9-18-33(30)40(32)35/h1-24H,25H2. The van der Waals surface area contributed by atoms with Crippen molar-refractivity contribution >= 4 is 43.8 Å². The molecule has 10 rings (SSSR count). The van der Waals surface area contributed by atoms with E-state index >= 15 is 0 Å². The summed E-state index contributed by atoms with van der Waals surface area (Å²) in [5.74, 6) is 0. The summed E-state index contributed by atoms with van der Waals surface area (Å²) in [6, 6.07) is 54.1. The summed E-state index contributed by atoms with van der Waals surface area (Å²) in [6.45, 7) is 0. The van der Waals surface area contributed by atoms with Gasteiger partial charge in [0, 0.05) is 0 Å². The predicted octanol–water partition coefficient (Wildman–Crippen LogP) is 11.5. The van der Waals surface area contributed by atoms with Crippen LogP contribution in [0.3, 0.4) is 0 Å². The fourth-order valence-corrected chi connectivity index (χ4v) is 8.12. The molecule has 0 N–H and O–H groups in total. The van der Waals surface area contributed by atoms with Gasteiger partial charge in [0.1, 0.15) is 0 Å². The van der Waals surface area contributed by atoms with Gasteiger partial charge in [0.2, 0.25) is 0 Å². The first-order valence-electron chi connectivity index (χ1n) is 15.2. The van der Waals surface area contributed by atoms with E-state index in [4.69, 9.17) is 0 Å². The first-order valence-corrected chi connectivity index (χ1v) is 15.2. The quantitative estimate of drug-likeness (QED) is 0.208. The second-order valence-corrected chi connectivity index (χ2v) is 11.9. The summed E-state index contributed by atoms with van der Waals surface area (Å²) in [5, 5.41) is 5.43. The van der Waals surface area contributed by atoms with Crippen molar-refractivity contribution in [2.45, 2.75) is 6.42 Å². The van der Waals surface area contributed by atoms with Crippen LogP contribution in [0, 0.1) is 0 Å². The molecule has 0 aromatic heterocycles. The van der Waals surface area contributed by atoms with Crippen LogP contribution in [0.1, 0.15) is 28.7 Å². The van der Waals surface area contributed by atoms with Crippen LogP contribution in [0.4, 0.5) is 0 Å². The zero-order valence-electron chi connectivity index (χ0n) is 23.6. The highest BCUT2D eigenvalue weighted by Gasteiger charge is 2.35. The summed E-state index contributed by atoms with van der Waals surface area (Å²) in [6.07, 6.45) is 0.950. The minimum Gasteiger partial charge on any atom is -0.0622 e. The topological polar surface area (TPSA) is 0 Å². The maximum absolute atomic E-state index is 2.40. The highest BCUT2D eigenvalue weighted by Crippen LogP contribution is 2.59. The fraction of sp³-hybridized carbons (Fsp3) is 0.0233. The van der Waals surface area contributed by atoms with Gasteiger partial charge in [-0.25, -0.2) is 0 Å². The van der Waals surface area contributed by atoms with E-state index in [1.54, 1.807) is 0 Å². The molecule has 3 aliphatic carbocycles. The molecule has 0 saturated heterocycles. The first-order chi connectivity index (χ1) is 21.4. The van der Waals surface area contributed by atoms with Crippen LogP contribution in [0.2, 0.25) is 0 Å². The Morgan fingerprint density at radius 1 is 0.279 bits per heavy atom. The van der Waals surface area contributed by atoms with E-state index in [2.05, 4.69) is 146 Å². The lowest BCUT2D eigenvalue weighted by atomic mass is 9.89. The molecule has 0 bridgehead atoms. The first kappa shape index (κ1) is 23.1. The molecular weight excluding hydrogens is 516 g/mol. The Bertz CT molecular complexity index is 2290. The molecule has 43 heavy (non-hydrogen) atoms. The van der Waals surface area contributed by atoms with Crippen LogP contribution in [0.5, 0.6) is 0 Å². The van der Waals surface area contributed by atoms with Crippen molar-refractivity contribution in [3.8, 4) is 33.4 Å². The average molecular weight is 543 g/mol. The number of fused-ring (bicyclic) bond motifs is 6. The molecule has 0 aliphatic heterocycles. The molecule has 0 unspecified atom stereocenters. The summed E-state index contributed by atoms with van der Waals surface area (Å²) in [7, 11) is 0. The van der Waals surface area contributed by atoms with Gasteiger partial charge in [0.05, 0.1) is 0 Å². The van der Waals surface area contributed by atoms with E-state index in [9.17, 15) is 0 Å². The normalized spacial score (nSPS) is 14.2. The molecule has 0 nitrogen and oxygen atoms in total. The molecule has 3 aliphatic rings. The second-order valence-electron chi connectivity index (χ2n) is 11.9. The Balaban J connectivity index is 1.26. The van der Waals surface area contributed by atoms with E-state index < -0.39 is 0 Å². The number of hydrogen-bond donors (Lipinski definition) is 0. The van der Waals surface area contributed by atoms with E-state index in [0.29, 0.717) is 0 Å². The van der Waals surface area contributed by atoms with Crippen molar-refractivity contribution in [3.05, 3.63) is 168 Å². The Morgan fingerprint density at radius 3 is 1.26 bits per heavy atom. The largest absolute Gasteiger partial charge is 0.0622 e. The number of allylic oxidation sites excluding steroid dienone is 4. The molecule has 0 fully saturated rings. The van der Waals surface area contributed by atoms with Crippen molar-refractivity contribution in [2.24, 2.45) is 0 Å². The SMILES string of the molecule is c1ccc(C2=C3C(=C(c4ccccc4)C2)c2ccc(-c4ccc5c6c(cccc46)-c4ccccc4-5)c4cccc3c24)cc1. The van der Waals surface area contributed by atoms with Gasteiger partial charge < -0.3 is 0 Å². The monoisotopic (exact) mass is 542 g/mol. The summed E-state index contributed by atoms with van der Waals surface area (Å²) >= 11 is 0. The maximum Gasteiger partial charge on any atom is -0.000110 e. The van der Waals surface area contributed by atoms with Crippen LogP contribution in [-0.2, 0) is 0 Å². The Hall–Kier alpha value is -5.46. The van der Waals surface area contributed by atoms with Crippen LogP contribution >= 0.6 is 0 Å². The molecule has 0 heterocycles. The molecule has 0 spiro atoms. The molecule has 0 heteroatoms. The number of hydrogen-bond acceptors (Lipinski definition) is 0. The molecule has 0 atom stereocenters. The van der Waals surface area contributed by atoms with Gasteiger partial charge in [-0.1, -0.05) is 146 Å². The van der Waals surface area contributed by atoms with Gasteiger partial charge in [-0.3, -0.25) is 0 Å². The highest BCUT2D eigenvalue weighted by atomic mass is 14.4. The Morgan fingerprint density at radius 2 is 0.674 bits per heavy atom. The van der Waals surface area contributed by atoms with Crippen molar-refractivity contribution < 1.29 is 0 Å². The van der Waals surface area contributed by atoms with Crippen LogP contribution in [0.15, 0.2) is 146 Å². The lowest BCUT2D eigenvalue weighted by Gasteiger charge is -2.14. The van der Waals surface area contributed by atoms with Gasteiger partial charge in [-0.2, -0.15) is 0 Å². The molecular formula is C43H26. The minimum absolute atomic E-state index is 0.950. The number of benzene rings is 7. The zero-order valence-corrected chi connectivity index (χ0v) is 23.6. The summed E-state index contributed by atoms with van der Waals surface area (Å²) in [4.78, 5) is 0. The van der Waals surface area contributed by atoms with Gasteiger partial charge in [-0.05, 0) is 106 Å². The van der Waals surface area contributed by atoms with Gasteiger partial charge >= 0.3 is 0 Å². The zero-order chi connectivity index (χ0) is 28.1. The van der Waals surface area contributed by atoms with Crippen LogP contribution in [0.25, 0.3) is 77.2 Å². The lowest BCUT2D eigenvalue weighted by molar-refractivity contribution is 1.42. The average Bonchev–Trinajstić information content (AvgIpc) is 3.73. The third-order valence-electron chi connectivity index (χ3n) is 9.87. The van der Waals surface area contributed by atoms with E-state index in [0.717, 1.165) is 6.42 Å². The van der Waals surface area contributed by atoms with Crippen molar-refractivity contribution in [3.63, 3.8) is 0 Å². The van der Waals surface area contributed by atoms with E-state index in [1.165, 1.54) is 99.5 Å². The number of rotatable bonds is 3. The molecule has 7 aromatic rings. The maximum atomic E-state index is 2.40. The van der Waals surface area contributed by atoms with Gasteiger partial charge in [-0.15, -0.1) is 0 Å². The smallest absolute Gasteiger partial charge is 0.000110 e. The third kappa shape index (κ3) is 3.05. The van der Waals surface area contributed by atoms with Crippen LogP contribution < -0.4 is 0 Å². The Labute approximate surface area is 250 Å². The minimum atomic E-state index is 0.950. The fourth-order valence-electron chi connectivity index (χ4n) is 8.12. The molecule has 198 valence electrons. The van der Waals surface area contributed by atoms with Crippen molar-refractivity contribution in [2.75, 3.05) is 0 Å². The van der Waals surface area contributed by atoms with Crippen LogP contribution in [-0.4, -0.2) is 0 Å².